The number of nitrogens with one attached hydrogen (secondary N) is 1. The van der Waals surface area contributed by atoms with Crippen molar-refractivity contribution in [2.24, 2.45) is 0 Å². The highest BCUT2D eigenvalue weighted by Crippen LogP contribution is 2.66. The van der Waals surface area contributed by atoms with Crippen molar-refractivity contribution in [2.75, 3.05) is 48.4 Å². The monoisotopic (exact) mass is 1170 g/mol. The molecule has 75 heavy (non-hydrogen) atoms. The van der Waals surface area contributed by atoms with Crippen molar-refractivity contribution >= 4 is 90.4 Å². The van der Waals surface area contributed by atoms with Gasteiger partial charge in [0.1, 0.15) is 30.7 Å². The van der Waals surface area contributed by atoms with Crippen LogP contribution >= 0.6 is 35.2 Å². The summed E-state index contributed by atoms with van der Waals surface area (Å²) in [5.41, 5.74) is 8.14. The van der Waals surface area contributed by atoms with E-state index in [4.69, 9.17) is 20.3 Å². The fourth-order valence-corrected chi connectivity index (χ4v) is 13.5. The summed E-state index contributed by atoms with van der Waals surface area (Å²) in [5.74, 6) is -0.0173. The Morgan fingerprint density at radius 3 is 2.20 bits per heavy atom. The number of thioether (sulfide) groups is 1. The first-order chi connectivity index (χ1) is 34.6. The van der Waals surface area contributed by atoms with Crippen molar-refractivity contribution in [1.29, 1.82) is 0 Å². The molecule has 6 atom stereocenters. The van der Waals surface area contributed by atoms with E-state index >= 15 is 0 Å². The zero-order valence-electron chi connectivity index (χ0n) is 40.5. The quantitative estimate of drug-likeness (QED) is 0.0299. The van der Waals surface area contributed by atoms with Crippen LogP contribution in [0.5, 0.6) is 0 Å². The van der Waals surface area contributed by atoms with Gasteiger partial charge in [-0.25, -0.2) is 18.5 Å². The number of anilines is 2. The summed E-state index contributed by atoms with van der Waals surface area (Å²) in [6, 6.07) is 8.91. The predicted molar refractivity (Wildman–Crippen MR) is 271 cm³/mol. The number of likely N-dealkylation sites (N-methyl/N-ethyl adjacent to an activating group) is 1. The molecule has 11 N–H and O–H groups in total. The molecule has 6 unspecified atom stereocenters. The summed E-state index contributed by atoms with van der Waals surface area (Å²) in [6.07, 6.45) is 3.07. The fraction of sp³-hybridized carbons (Fsp3) is 0.429. The van der Waals surface area contributed by atoms with Gasteiger partial charge in [-0.2, -0.15) is 46.8 Å². The van der Waals surface area contributed by atoms with Crippen LogP contribution in [0.15, 0.2) is 87.2 Å². The molecule has 1 saturated heterocycles. The molecular formula is C42H56N6O21P3S3+. The molecule has 0 bridgehead atoms. The molecule has 3 aliphatic heterocycles. The van der Waals surface area contributed by atoms with Crippen LogP contribution in [0.1, 0.15) is 64.0 Å². The standard InChI is InChI=1S/C42H55N6O21P3S3/c1-6-46-30-15-13-26(74(60,61)62)20-28(30)41(2,3)33(46)11-7-12-34-42(4,5)29-21-27(75(63,64)65)14-16-31(29)47(34)18-9-19-73-24-35(49)44-17-8-10-25-22-48(40(52)45-38(25)43)39-37(51)36(50)32(67-39)23-66-71(56,57)69-72(58,59)68-70(53,54)55/h7-8,10-16,20-22,32,36-37,39,50-51H,6,9,17-19,23-24H2,1-5H3,(H8-,43,44,45,49,52,53,54,55,56,57,58,59,60,61,62,63,64,65)/p+1. The second kappa shape index (κ2) is 22.6. The minimum atomic E-state index is -5.85. The first kappa shape index (κ1) is 60.0. The molecule has 3 aliphatic rings. The number of ether oxygens (including phenoxy) is 1. The molecule has 1 amide bonds. The number of fused-ring (bicyclic) bond motifs is 2. The van der Waals surface area contributed by atoms with Crippen molar-refractivity contribution in [3.8, 4) is 0 Å². The predicted octanol–water partition coefficient (Wildman–Crippen LogP) is 2.87. The number of carbonyl (C=O) groups is 1. The third-order valence-electron chi connectivity index (χ3n) is 12.2. The molecule has 0 radical (unpaired) electrons. The van der Waals surface area contributed by atoms with E-state index in [2.05, 4.69) is 32.9 Å². The average Bonchev–Trinajstić information content (AvgIpc) is 3.77. The number of carbonyl (C=O) groups excluding carboxylic acids is 1. The zero-order chi connectivity index (χ0) is 55.9. The molecular weight excluding hydrogens is 1110 g/mol. The van der Waals surface area contributed by atoms with E-state index in [-0.39, 0.29) is 39.4 Å². The maximum atomic E-state index is 12.8. The Morgan fingerprint density at radius 2 is 1.57 bits per heavy atom. The second-order valence-electron chi connectivity index (χ2n) is 18.1. The van der Waals surface area contributed by atoms with E-state index in [1.54, 1.807) is 12.1 Å². The van der Waals surface area contributed by atoms with E-state index < -0.39 is 91.4 Å². The summed E-state index contributed by atoms with van der Waals surface area (Å²) in [5, 5.41) is 23.9. The summed E-state index contributed by atoms with van der Waals surface area (Å²) in [4.78, 5) is 67.4. The van der Waals surface area contributed by atoms with Gasteiger partial charge in [0, 0.05) is 65.8 Å². The highest BCUT2D eigenvalue weighted by atomic mass is 32.2. The summed E-state index contributed by atoms with van der Waals surface area (Å²) < 4.78 is 123. The number of allylic oxidation sites excluding steroid dienone is 4. The largest absolute Gasteiger partial charge is 0.490 e. The van der Waals surface area contributed by atoms with E-state index in [9.17, 15) is 69.2 Å². The molecule has 412 valence electrons. The van der Waals surface area contributed by atoms with Crippen LogP contribution in [-0.4, -0.2) is 138 Å². The van der Waals surface area contributed by atoms with E-state index in [1.807, 2.05) is 52.8 Å². The normalized spacial score (nSPS) is 22.7. The van der Waals surface area contributed by atoms with Gasteiger partial charge < -0.3 is 50.5 Å². The van der Waals surface area contributed by atoms with Crippen LogP contribution in [0.2, 0.25) is 0 Å². The lowest BCUT2D eigenvalue weighted by Crippen LogP contribution is -2.36. The zero-order valence-corrected chi connectivity index (χ0v) is 45.6. The van der Waals surface area contributed by atoms with Gasteiger partial charge >= 0.3 is 29.2 Å². The minimum Gasteiger partial charge on any atom is -0.387 e. The molecule has 3 aromatic rings. The fourth-order valence-electron chi connectivity index (χ4n) is 8.72. The van der Waals surface area contributed by atoms with Gasteiger partial charge in [-0.15, -0.1) is 0 Å². The molecule has 0 spiro atoms. The molecule has 6 rings (SSSR count). The number of nitrogens with zero attached hydrogens (tertiary/aromatic N) is 4. The lowest BCUT2D eigenvalue weighted by atomic mass is 9.81. The second-order valence-corrected chi connectivity index (χ2v) is 26.4. The van der Waals surface area contributed by atoms with Crippen molar-refractivity contribution in [1.82, 2.24) is 14.9 Å². The number of rotatable bonds is 22. The van der Waals surface area contributed by atoms with Crippen LogP contribution in [0.25, 0.3) is 6.08 Å². The smallest absolute Gasteiger partial charge is 0.387 e. The first-order valence-electron chi connectivity index (χ1n) is 22.3. The molecule has 27 nitrogen and oxygen atoms in total. The highest BCUT2D eigenvalue weighted by Gasteiger charge is 2.48. The summed E-state index contributed by atoms with van der Waals surface area (Å²) in [7, 11) is -26.1. The SMILES string of the molecule is CCN1C(=CC=CC2=[N+](CCCSCC(=O)NCC=Cc3cn(C4OC(COP(=O)(O)OP(=O)(O)OP(=O)(O)O)C(O)C4O)c(=O)nc3N)c3ccc(S(=O)(=O)O)cc3C2(C)C)C(C)(C)c2cc(S(=O)(=O)O)ccc21. The Labute approximate surface area is 434 Å². The van der Waals surface area contributed by atoms with Crippen LogP contribution in [0, 0.1) is 0 Å². The third kappa shape index (κ3) is 14.1. The van der Waals surface area contributed by atoms with E-state index in [0.29, 0.717) is 30.8 Å². The van der Waals surface area contributed by atoms with Crippen molar-refractivity contribution in [3.63, 3.8) is 0 Å². The van der Waals surface area contributed by atoms with Gasteiger partial charge in [-0.05, 0) is 68.5 Å². The Bertz CT molecular complexity index is 3310. The summed E-state index contributed by atoms with van der Waals surface area (Å²) in [6.45, 7) is 9.60. The number of aromatic nitrogens is 2. The maximum Gasteiger partial charge on any atom is 0.490 e. The van der Waals surface area contributed by atoms with Gasteiger partial charge in [-0.1, -0.05) is 32.1 Å². The maximum absolute atomic E-state index is 12.8. The first-order valence-corrected chi connectivity index (χ1v) is 30.9. The van der Waals surface area contributed by atoms with Crippen molar-refractivity contribution in [2.45, 2.75) is 86.2 Å². The minimum absolute atomic E-state index is 0.0151. The topological polar surface area (TPSA) is 415 Å². The van der Waals surface area contributed by atoms with Crippen LogP contribution < -0.4 is 21.6 Å². The van der Waals surface area contributed by atoms with Gasteiger partial charge in [0.05, 0.1) is 27.6 Å². The molecule has 1 fully saturated rings. The van der Waals surface area contributed by atoms with Gasteiger partial charge in [0.2, 0.25) is 11.6 Å². The molecule has 0 aliphatic carbocycles. The number of aliphatic hydroxyl groups is 2. The Morgan fingerprint density at radius 1 is 0.933 bits per heavy atom. The van der Waals surface area contributed by atoms with Crippen LogP contribution in [0.3, 0.4) is 0 Å². The Balaban J connectivity index is 1.07. The third-order valence-corrected chi connectivity index (χ3v) is 18.8. The number of phosphoric acid groups is 3. The number of amides is 1. The lowest BCUT2D eigenvalue weighted by molar-refractivity contribution is -0.437. The lowest BCUT2D eigenvalue weighted by Gasteiger charge is -2.25. The number of benzene rings is 2. The van der Waals surface area contributed by atoms with Crippen LogP contribution in [0.4, 0.5) is 17.2 Å². The molecule has 0 saturated carbocycles. The number of nitrogens with two attached hydrogens (primary N) is 1. The van der Waals surface area contributed by atoms with Crippen molar-refractivity contribution in [3.05, 3.63) is 99.8 Å². The van der Waals surface area contributed by atoms with Gasteiger partial charge in [0.15, 0.2) is 11.9 Å². The number of aliphatic hydroxyl groups excluding tert-OH is 2. The van der Waals surface area contributed by atoms with Crippen molar-refractivity contribution < 1.29 is 96.7 Å². The number of phosphoric ester groups is 1. The van der Waals surface area contributed by atoms with Crippen LogP contribution in [-0.2, 0) is 67.4 Å². The van der Waals surface area contributed by atoms with E-state index in [0.717, 1.165) is 39.1 Å². The molecule has 33 heteroatoms. The van der Waals surface area contributed by atoms with E-state index in [1.165, 1.54) is 48.2 Å². The summed E-state index contributed by atoms with van der Waals surface area (Å²) >= 11 is 1.35. The number of hydrogen-bond donors (Lipinski definition) is 10. The van der Waals surface area contributed by atoms with Gasteiger partial charge in [0.25, 0.3) is 20.2 Å². The molecule has 1 aromatic heterocycles. The molecule has 4 heterocycles. The van der Waals surface area contributed by atoms with Gasteiger partial charge in [-0.3, -0.25) is 23.0 Å². The Kier molecular flexibility index (Phi) is 18.1. The number of hydrogen-bond acceptors (Lipinski definition) is 19. The average molecular weight is 1170 g/mol. The highest BCUT2D eigenvalue weighted by molar-refractivity contribution is 7.99. The Hall–Kier alpha value is -4.26. The molecule has 2 aromatic carbocycles. The number of nitrogen functional groups attached to an aromatic ring is 1.